The standard InChI is InChI=1S/C36H32N6O3/c43-23-27-14-10-11-19-30(27)36(28-15-6-2-7-16-28,29-17-8-3-9-18-29)32-24-45-21-20-41(32)42-25-38-31-22-37-35(39-33(31)42)40-34(44)26-12-4-1-5-13-26/h1-19,22,25,32,43H,20-21,23-24H2,(H,37,39,40,44). The summed E-state index contributed by atoms with van der Waals surface area (Å²) in [4.78, 5) is 26.7. The molecule has 4 aromatic carbocycles. The van der Waals surface area contributed by atoms with Crippen molar-refractivity contribution in [1.82, 2.24) is 19.6 Å². The van der Waals surface area contributed by atoms with Crippen molar-refractivity contribution < 1.29 is 14.6 Å². The van der Waals surface area contributed by atoms with Gasteiger partial charge in [0.1, 0.15) is 11.8 Å². The summed E-state index contributed by atoms with van der Waals surface area (Å²) in [6.07, 6.45) is 3.37. The Labute approximate surface area is 260 Å². The second kappa shape index (κ2) is 12.3. The SMILES string of the molecule is O=C(Nc1ncc2ncn(N3CCOCC3C(c3ccccc3)(c3ccccc3)c3ccccc3CO)c2n1)c1ccccc1. The maximum Gasteiger partial charge on any atom is 0.258 e. The Balaban J connectivity index is 1.41. The van der Waals surface area contributed by atoms with Crippen LogP contribution in [-0.4, -0.2) is 56.4 Å². The van der Waals surface area contributed by atoms with Crippen LogP contribution in [0.1, 0.15) is 32.6 Å². The van der Waals surface area contributed by atoms with Crippen molar-refractivity contribution in [3.8, 4) is 0 Å². The van der Waals surface area contributed by atoms with Gasteiger partial charge in [0.05, 0.1) is 44.0 Å². The highest BCUT2D eigenvalue weighted by Crippen LogP contribution is 2.46. The van der Waals surface area contributed by atoms with Crippen LogP contribution in [0.15, 0.2) is 128 Å². The van der Waals surface area contributed by atoms with Gasteiger partial charge in [-0.05, 0) is 34.4 Å². The summed E-state index contributed by atoms with van der Waals surface area (Å²) in [7, 11) is 0. The summed E-state index contributed by atoms with van der Waals surface area (Å²) in [5, 5.41) is 15.7. The van der Waals surface area contributed by atoms with Gasteiger partial charge in [-0.1, -0.05) is 103 Å². The lowest BCUT2D eigenvalue weighted by atomic mass is 9.63. The third kappa shape index (κ3) is 5.12. The van der Waals surface area contributed by atoms with Crippen LogP contribution in [0.4, 0.5) is 5.95 Å². The van der Waals surface area contributed by atoms with Crippen molar-refractivity contribution in [2.24, 2.45) is 0 Å². The lowest BCUT2D eigenvalue weighted by molar-refractivity contribution is 0.0650. The normalized spacial score (nSPS) is 15.2. The molecule has 45 heavy (non-hydrogen) atoms. The smallest absolute Gasteiger partial charge is 0.258 e. The molecule has 1 aliphatic heterocycles. The molecule has 0 saturated carbocycles. The van der Waals surface area contributed by atoms with Gasteiger partial charge in [0.2, 0.25) is 5.95 Å². The Bertz CT molecular complexity index is 1870. The van der Waals surface area contributed by atoms with Crippen LogP contribution in [0.5, 0.6) is 0 Å². The van der Waals surface area contributed by atoms with Crippen molar-refractivity contribution in [2.75, 3.05) is 30.1 Å². The lowest BCUT2D eigenvalue weighted by Crippen LogP contribution is -2.62. The number of nitrogens with one attached hydrogen (secondary N) is 1. The van der Waals surface area contributed by atoms with Gasteiger partial charge in [0.25, 0.3) is 5.91 Å². The number of anilines is 1. The number of benzene rings is 4. The number of amides is 1. The number of hydrogen-bond donors (Lipinski definition) is 2. The number of aliphatic hydroxyl groups excluding tert-OH is 1. The average Bonchev–Trinajstić information content (AvgIpc) is 3.53. The monoisotopic (exact) mass is 596 g/mol. The Morgan fingerprint density at radius 1 is 0.867 bits per heavy atom. The van der Waals surface area contributed by atoms with E-state index in [0.717, 1.165) is 22.3 Å². The van der Waals surface area contributed by atoms with Crippen LogP contribution < -0.4 is 10.3 Å². The Morgan fingerprint density at radius 3 is 2.20 bits per heavy atom. The summed E-state index contributed by atoms with van der Waals surface area (Å²) >= 11 is 0. The number of aliphatic hydroxyl groups is 1. The minimum Gasteiger partial charge on any atom is -0.392 e. The van der Waals surface area contributed by atoms with Crippen LogP contribution in [0.25, 0.3) is 11.2 Å². The fourth-order valence-electron chi connectivity index (χ4n) is 6.50. The minimum absolute atomic E-state index is 0.114. The molecule has 1 saturated heterocycles. The predicted octanol–water partition coefficient (Wildman–Crippen LogP) is 4.94. The van der Waals surface area contributed by atoms with Gasteiger partial charge in [-0.3, -0.25) is 10.1 Å². The van der Waals surface area contributed by atoms with Crippen LogP contribution in [0, 0.1) is 0 Å². The summed E-state index contributed by atoms with van der Waals surface area (Å²) in [6.45, 7) is 1.33. The number of carbonyl (C=O) groups is 1. The number of morpholine rings is 1. The van der Waals surface area contributed by atoms with E-state index < -0.39 is 5.41 Å². The Kier molecular flexibility index (Phi) is 7.77. The van der Waals surface area contributed by atoms with Gasteiger partial charge in [-0.25, -0.2) is 14.6 Å². The molecule has 1 atom stereocenters. The zero-order valence-electron chi connectivity index (χ0n) is 24.5. The van der Waals surface area contributed by atoms with Crippen molar-refractivity contribution >= 4 is 23.0 Å². The topological polar surface area (TPSA) is 105 Å². The van der Waals surface area contributed by atoms with E-state index in [0.29, 0.717) is 36.5 Å². The molecule has 2 N–H and O–H groups in total. The molecule has 1 amide bonds. The molecule has 6 aromatic rings. The highest BCUT2D eigenvalue weighted by Gasteiger charge is 2.49. The molecular formula is C36H32N6O3. The highest BCUT2D eigenvalue weighted by molar-refractivity contribution is 6.03. The first-order valence-electron chi connectivity index (χ1n) is 14.9. The number of aromatic nitrogens is 4. The summed E-state index contributed by atoms with van der Waals surface area (Å²) < 4.78 is 8.21. The van der Waals surface area contributed by atoms with Gasteiger partial charge >= 0.3 is 0 Å². The van der Waals surface area contributed by atoms with E-state index in [1.54, 1.807) is 24.7 Å². The number of rotatable bonds is 8. The lowest BCUT2D eigenvalue weighted by Gasteiger charge is -2.50. The van der Waals surface area contributed by atoms with Gasteiger partial charge in [0.15, 0.2) is 5.65 Å². The van der Waals surface area contributed by atoms with Gasteiger partial charge in [-0.2, -0.15) is 4.98 Å². The van der Waals surface area contributed by atoms with E-state index in [1.807, 2.05) is 77.5 Å². The second-order valence-electron chi connectivity index (χ2n) is 10.9. The summed E-state index contributed by atoms with van der Waals surface area (Å²) in [5.74, 6) is -0.107. The second-order valence-corrected chi connectivity index (χ2v) is 10.9. The van der Waals surface area contributed by atoms with Crippen molar-refractivity contribution in [3.63, 3.8) is 0 Å². The number of imidazole rings is 1. The van der Waals surface area contributed by atoms with Gasteiger partial charge in [-0.15, -0.1) is 0 Å². The summed E-state index contributed by atoms with van der Waals surface area (Å²) in [6, 6.07) is 37.5. The molecule has 224 valence electrons. The first-order valence-corrected chi connectivity index (χ1v) is 14.9. The zero-order chi connectivity index (χ0) is 30.6. The van der Waals surface area contributed by atoms with E-state index in [4.69, 9.17) is 9.72 Å². The number of hydrogen-bond acceptors (Lipinski definition) is 7. The third-order valence-corrected chi connectivity index (χ3v) is 8.48. The Morgan fingerprint density at radius 2 is 1.51 bits per heavy atom. The number of ether oxygens (including phenoxy) is 1. The van der Waals surface area contributed by atoms with Crippen LogP contribution in [0.3, 0.4) is 0 Å². The first kappa shape index (κ1) is 28.4. The predicted molar refractivity (Wildman–Crippen MR) is 173 cm³/mol. The molecule has 9 heteroatoms. The molecule has 0 radical (unpaired) electrons. The molecule has 7 rings (SSSR count). The summed E-state index contributed by atoms with van der Waals surface area (Å²) in [5.41, 5.74) is 4.85. The quantitative estimate of drug-likeness (QED) is 0.240. The zero-order valence-corrected chi connectivity index (χ0v) is 24.5. The van der Waals surface area contributed by atoms with Gasteiger partial charge < -0.3 is 14.9 Å². The van der Waals surface area contributed by atoms with E-state index >= 15 is 0 Å². The molecule has 3 heterocycles. The third-order valence-electron chi connectivity index (χ3n) is 8.48. The minimum atomic E-state index is -0.768. The van der Waals surface area contributed by atoms with E-state index in [-0.39, 0.29) is 24.5 Å². The van der Waals surface area contributed by atoms with Crippen molar-refractivity contribution in [1.29, 1.82) is 0 Å². The molecular weight excluding hydrogens is 564 g/mol. The number of fused-ring (bicyclic) bond motifs is 1. The van der Waals surface area contributed by atoms with Crippen LogP contribution >= 0.6 is 0 Å². The molecule has 1 fully saturated rings. The molecule has 2 aromatic heterocycles. The maximum atomic E-state index is 12.9. The fraction of sp³-hybridized carbons (Fsp3) is 0.167. The van der Waals surface area contributed by atoms with Crippen molar-refractivity contribution in [2.45, 2.75) is 18.1 Å². The first-order chi connectivity index (χ1) is 22.2. The number of nitrogens with zero attached hydrogens (tertiary/aromatic N) is 5. The van der Waals surface area contributed by atoms with Gasteiger partial charge in [0, 0.05) is 5.56 Å². The molecule has 0 spiro atoms. The Hall–Kier alpha value is -5.38. The maximum absolute atomic E-state index is 12.9. The fourth-order valence-corrected chi connectivity index (χ4v) is 6.50. The molecule has 9 nitrogen and oxygen atoms in total. The highest BCUT2D eigenvalue weighted by atomic mass is 16.5. The molecule has 0 aliphatic carbocycles. The molecule has 1 unspecified atom stereocenters. The number of carbonyl (C=O) groups excluding carboxylic acids is 1. The largest absolute Gasteiger partial charge is 0.392 e. The van der Waals surface area contributed by atoms with E-state index in [2.05, 4.69) is 50.6 Å². The average molecular weight is 597 g/mol. The van der Waals surface area contributed by atoms with Crippen LogP contribution in [-0.2, 0) is 16.8 Å². The molecule has 1 aliphatic rings. The van der Waals surface area contributed by atoms with E-state index in [9.17, 15) is 9.90 Å². The van der Waals surface area contributed by atoms with E-state index in [1.165, 1.54) is 0 Å². The molecule has 0 bridgehead atoms. The van der Waals surface area contributed by atoms with Crippen molar-refractivity contribution in [3.05, 3.63) is 156 Å². The van der Waals surface area contributed by atoms with Crippen LogP contribution in [0.2, 0.25) is 0 Å².